The maximum atomic E-state index is 9.18. The van der Waals surface area contributed by atoms with Crippen molar-refractivity contribution < 1.29 is 5.11 Å². The highest BCUT2D eigenvalue weighted by atomic mass is 32.2. The van der Waals surface area contributed by atoms with Crippen molar-refractivity contribution in [2.75, 3.05) is 5.75 Å². The summed E-state index contributed by atoms with van der Waals surface area (Å²) in [4.78, 5) is 0. The molecule has 5 heteroatoms. The normalized spacial score (nSPS) is 37.3. The van der Waals surface area contributed by atoms with Crippen molar-refractivity contribution in [3.63, 3.8) is 0 Å². The fourth-order valence-corrected chi connectivity index (χ4v) is 6.68. The largest absolute Gasteiger partial charge is 0.388 e. The Bertz CT molecular complexity index is 492. The Morgan fingerprint density at radius 3 is 2.29 bits per heavy atom. The Morgan fingerprint density at radius 2 is 1.76 bits per heavy atom. The SMILES string of the molecule is Cn1c(CO)nnc1SCCC12CC3CC(CC(C3)C1)C2. The number of hydrogen-bond acceptors (Lipinski definition) is 4. The summed E-state index contributed by atoms with van der Waals surface area (Å²) in [5.74, 6) is 4.92. The summed E-state index contributed by atoms with van der Waals surface area (Å²) in [7, 11) is 1.94. The summed E-state index contributed by atoms with van der Waals surface area (Å²) < 4.78 is 1.92. The molecule has 4 saturated carbocycles. The number of aliphatic hydroxyl groups is 1. The highest BCUT2D eigenvalue weighted by molar-refractivity contribution is 7.99. The Hall–Kier alpha value is -0.550. The van der Waals surface area contributed by atoms with Crippen LogP contribution in [0, 0.1) is 23.2 Å². The summed E-state index contributed by atoms with van der Waals surface area (Å²) in [6.45, 7) is -0.0287. The highest BCUT2D eigenvalue weighted by Gasteiger charge is 2.50. The summed E-state index contributed by atoms with van der Waals surface area (Å²) in [6.07, 6.45) is 10.4. The van der Waals surface area contributed by atoms with E-state index in [1.165, 1.54) is 44.9 Å². The molecule has 4 bridgehead atoms. The van der Waals surface area contributed by atoms with Crippen LogP contribution in [-0.2, 0) is 13.7 Å². The van der Waals surface area contributed by atoms with Gasteiger partial charge in [0.15, 0.2) is 11.0 Å². The molecule has 0 unspecified atom stereocenters. The van der Waals surface area contributed by atoms with Gasteiger partial charge in [0, 0.05) is 12.8 Å². The first kappa shape index (κ1) is 14.1. The molecule has 0 saturated heterocycles. The van der Waals surface area contributed by atoms with Crippen molar-refractivity contribution >= 4 is 11.8 Å². The van der Waals surface area contributed by atoms with E-state index in [0.29, 0.717) is 11.2 Å². The third kappa shape index (κ3) is 2.52. The standard InChI is InChI=1S/C16H25N3OS/c1-19-14(10-20)17-18-15(19)21-3-2-16-7-11-4-12(8-16)6-13(5-11)9-16/h11-13,20H,2-10H2,1H3. The summed E-state index contributed by atoms with van der Waals surface area (Å²) in [5.41, 5.74) is 0.653. The van der Waals surface area contributed by atoms with E-state index in [2.05, 4.69) is 10.2 Å². The number of rotatable bonds is 5. The third-order valence-corrected chi connectivity index (χ3v) is 7.12. The molecule has 0 aromatic carbocycles. The van der Waals surface area contributed by atoms with E-state index in [0.717, 1.165) is 28.7 Å². The van der Waals surface area contributed by atoms with E-state index >= 15 is 0 Å². The van der Waals surface area contributed by atoms with Crippen LogP contribution in [0.5, 0.6) is 0 Å². The van der Waals surface area contributed by atoms with Crippen molar-refractivity contribution in [3.8, 4) is 0 Å². The van der Waals surface area contributed by atoms with Crippen LogP contribution >= 0.6 is 11.8 Å². The summed E-state index contributed by atoms with van der Waals surface area (Å²) in [5, 5.41) is 18.3. The Balaban J connectivity index is 1.37. The fraction of sp³-hybridized carbons (Fsp3) is 0.875. The lowest BCUT2D eigenvalue weighted by Gasteiger charge is -2.57. The van der Waals surface area contributed by atoms with Crippen LogP contribution < -0.4 is 0 Å². The van der Waals surface area contributed by atoms with E-state index in [4.69, 9.17) is 0 Å². The molecule has 0 spiro atoms. The zero-order chi connectivity index (χ0) is 14.4. The fourth-order valence-electron chi connectivity index (χ4n) is 5.56. The molecule has 4 fully saturated rings. The lowest BCUT2D eigenvalue weighted by molar-refractivity contribution is -0.0538. The molecule has 1 N–H and O–H groups in total. The zero-order valence-corrected chi connectivity index (χ0v) is 13.6. The van der Waals surface area contributed by atoms with Crippen LogP contribution in [0.15, 0.2) is 5.16 Å². The molecule has 4 aliphatic carbocycles. The van der Waals surface area contributed by atoms with Gasteiger partial charge < -0.3 is 9.67 Å². The van der Waals surface area contributed by atoms with Crippen LogP contribution in [0.3, 0.4) is 0 Å². The quantitative estimate of drug-likeness (QED) is 0.850. The first-order chi connectivity index (χ1) is 10.2. The predicted octanol–water partition coefficient (Wildman–Crippen LogP) is 3.01. The summed E-state index contributed by atoms with van der Waals surface area (Å²) in [6, 6.07) is 0. The van der Waals surface area contributed by atoms with Gasteiger partial charge in [-0.3, -0.25) is 0 Å². The van der Waals surface area contributed by atoms with Gasteiger partial charge in [0.2, 0.25) is 0 Å². The van der Waals surface area contributed by atoms with Gasteiger partial charge in [-0.2, -0.15) is 0 Å². The molecule has 21 heavy (non-hydrogen) atoms. The second-order valence-electron chi connectivity index (χ2n) is 7.63. The lowest BCUT2D eigenvalue weighted by atomic mass is 9.49. The van der Waals surface area contributed by atoms with Crippen molar-refractivity contribution in [1.82, 2.24) is 14.8 Å². The molecule has 4 nitrogen and oxygen atoms in total. The van der Waals surface area contributed by atoms with E-state index in [1.54, 1.807) is 0 Å². The minimum atomic E-state index is -0.0287. The number of hydrogen-bond donors (Lipinski definition) is 1. The van der Waals surface area contributed by atoms with Gasteiger partial charge in [-0.05, 0) is 68.1 Å². The highest BCUT2D eigenvalue weighted by Crippen LogP contribution is 2.61. The van der Waals surface area contributed by atoms with E-state index in [1.807, 2.05) is 23.4 Å². The first-order valence-electron chi connectivity index (χ1n) is 8.29. The molecular weight excluding hydrogens is 282 g/mol. The maximum Gasteiger partial charge on any atom is 0.191 e. The zero-order valence-electron chi connectivity index (χ0n) is 12.8. The molecule has 0 aliphatic heterocycles. The van der Waals surface area contributed by atoms with Crippen molar-refractivity contribution in [3.05, 3.63) is 5.82 Å². The van der Waals surface area contributed by atoms with Gasteiger partial charge >= 0.3 is 0 Å². The molecule has 4 aliphatic rings. The molecule has 0 radical (unpaired) electrons. The molecule has 1 heterocycles. The Labute approximate surface area is 130 Å². The minimum Gasteiger partial charge on any atom is -0.388 e. The van der Waals surface area contributed by atoms with Crippen molar-refractivity contribution in [2.45, 2.75) is 56.7 Å². The van der Waals surface area contributed by atoms with Crippen LogP contribution in [0.1, 0.15) is 50.8 Å². The Morgan fingerprint density at radius 1 is 1.14 bits per heavy atom. The monoisotopic (exact) mass is 307 g/mol. The minimum absolute atomic E-state index is 0.0287. The Kier molecular flexibility index (Phi) is 3.53. The van der Waals surface area contributed by atoms with Gasteiger partial charge in [-0.25, -0.2) is 0 Å². The van der Waals surface area contributed by atoms with Gasteiger partial charge in [0.25, 0.3) is 0 Å². The predicted molar refractivity (Wildman–Crippen MR) is 82.9 cm³/mol. The molecule has 1 aromatic heterocycles. The molecule has 116 valence electrons. The van der Waals surface area contributed by atoms with Gasteiger partial charge in [0.1, 0.15) is 6.61 Å². The van der Waals surface area contributed by atoms with E-state index in [9.17, 15) is 5.11 Å². The average Bonchev–Trinajstić information content (AvgIpc) is 2.78. The van der Waals surface area contributed by atoms with Crippen molar-refractivity contribution in [2.24, 2.45) is 30.2 Å². The number of nitrogens with zero attached hydrogens (tertiary/aromatic N) is 3. The third-order valence-electron chi connectivity index (χ3n) is 6.10. The van der Waals surface area contributed by atoms with E-state index in [-0.39, 0.29) is 6.61 Å². The van der Waals surface area contributed by atoms with Gasteiger partial charge in [-0.1, -0.05) is 11.8 Å². The van der Waals surface area contributed by atoms with E-state index < -0.39 is 0 Å². The maximum absolute atomic E-state index is 9.18. The molecule has 1 aromatic rings. The second-order valence-corrected chi connectivity index (χ2v) is 8.69. The van der Waals surface area contributed by atoms with Crippen LogP contribution in [0.25, 0.3) is 0 Å². The second kappa shape index (κ2) is 5.27. The molecule has 0 atom stereocenters. The molecule has 0 amide bonds. The average molecular weight is 307 g/mol. The first-order valence-corrected chi connectivity index (χ1v) is 9.28. The van der Waals surface area contributed by atoms with Crippen LogP contribution in [0.2, 0.25) is 0 Å². The number of aromatic nitrogens is 3. The number of thioether (sulfide) groups is 1. The van der Waals surface area contributed by atoms with Crippen LogP contribution in [-0.4, -0.2) is 25.6 Å². The van der Waals surface area contributed by atoms with Gasteiger partial charge in [0.05, 0.1) is 0 Å². The smallest absolute Gasteiger partial charge is 0.191 e. The van der Waals surface area contributed by atoms with Crippen LogP contribution in [0.4, 0.5) is 0 Å². The van der Waals surface area contributed by atoms with Gasteiger partial charge in [-0.15, -0.1) is 10.2 Å². The summed E-state index contributed by atoms with van der Waals surface area (Å²) >= 11 is 1.81. The molecule has 5 rings (SSSR count). The number of aliphatic hydroxyl groups excluding tert-OH is 1. The topological polar surface area (TPSA) is 50.9 Å². The lowest BCUT2D eigenvalue weighted by Crippen LogP contribution is -2.46. The molecular formula is C16H25N3OS. The van der Waals surface area contributed by atoms with Crippen molar-refractivity contribution in [1.29, 1.82) is 0 Å².